The van der Waals surface area contributed by atoms with Crippen LogP contribution in [0.15, 0.2) is 36.7 Å². The molecule has 0 fully saturated rings. The summed E-state index contributed by atoms with van der Waals surface area (Å²) in [5.41, 5.74) is 3.07. The normalized spacial score (nSPS) is 19.6. The molecule has 3 heteroatoms. The van der Waals surface area contributed by atoms with E-state index in [1.165, 1.54) is 30.4 Å². The van der Waals surface area contributed by atoms with Crippen LogP contribution in [0.3, 0.4) is 0 Å². The Hall–Kier alpha value is -1.61. The fourth-order valence-corrected chi connectivity index (χ4v) is 3.45. The summed E-state index contributed by atoms with van der Waals surface area (Å²) >= 11 is 0. The topological polar surface area (TPSA) is 40.7 Å². The molecule has 1 aliphatic rings. The molecular formula is C17H23N3. The Bertz CT molecular complexity index is 533. The molecule has 1 heterocycles. The van der Waals surface area contributed by atoms with Gasteiger partial charge in [0.15, 0.2) is 0 Å². The summed E-state index contributed by atoms with van der Waals surface area (Å²) in [6.45, 7) is 3.19. The number of rotatable bonds is 5. The van der Waals surface area contributed by atoms with Crippen LogP contribution in [-0.2, 0) is 12.8 Å². The van der Waals surface area contributed by atoms with E-state index in [2.05, 4.69) is 46.5 Å². The van der Waals surface area contributed by atoms with Crippen molar-refractivity contribution in [2.24, 2.45) is 0 Å². The molecule has 0 saturated carbocycles. The van der Waals surface area contributed by atoms with Crippen LogP contribution >= 0.6 is 0 Å². The van der Waals surface area contributed by atoms with Gasteiger partial charge in [-0.15, -0.1) is 0 Å². The van der Waals surface area contributed by atoms with Crippen LogP contribution < -0.4 is 5.32 Å². The van der Waals surface area contributed by atoms with Crippen LogP contribution in [0.5, 0.6) is 0 Å². The van der Waals surface area contributed by atoms with Crippen LogP contribution in [-0.4, -0.2) is 22.6 Å². The molecular weight excluding hydrogens is 246 g/mol. The van der Waals surface area contributed by atoms with Crippen molar-refractivity contribution >= 4 is 0 Å². The summed E-state index contributed by atoms with van der Waals surface area (Å²) in [6.07, 6.45) is 8.52. The van der Waals surface area contributed by atoms with Crippen molar-refractivity contribution in [1.82, 2.24) is 15.3 Å². The number of nitrogens with zero attached hydrogens (tertiary/aromatic N) is 1. The Labute approximate surface area is 120 Å². The molecule has 1 aromatic carbocycles. The van der Waals surface area contributed by atoms with Crippen molar-refractivity contribution in [1.29, 1.82) is 0 Å². The van der Waals surface area contributed by atoms with Crippen molar-refractivity contribution in [3.8, 4) is 0 Å². The lowest BCUT2D eigenvalue weighted by atomic mass is 9.77. The minimum absolute atomic E-state index is 0.465. The van der Waals surface area contributed by atoms with E-state index in [0.29, 0.717) is 12.0 Å². The summed E-state index contributed by atoms with van der Waals surface area (Å²) in [7, 11) is 0. The number of H-pyrrole nitrogens is 1. The zero-order chi connectivity index (χ0) is 13.8. The SMILES string of the molecule is CCNC(Cc1ncc[nH]1)C1CCCc2ccccc21. The Morgan fingerprint density at radius 1 is 1.40 bits per heavy atom. The van der Waals surface area contributed by atoms with Crippen molar-refractivity contribution in [2.75, 3.05) is 6.54 Å². The fraction of sp³-hybridized carbons (Fsp3) is 0.471. The fourth-order valence-electron chi connectivity index (χ4n) is 3.45. The molecule has 3 rings (SSSR count). The van der Waals surface area contributed by atoms with E-state index in [9.17, 15) is 0 Å². The minimum atomic E-state index is 0.465. The molecule has 2 aromatic rings. The maximum absolute atomic E-state index is 4.39. The Morgan fingerprint density at radius 2 is 2.30 bits per heavy atom. The summed E-state index contributed by atoms with van der Waals surface area (Å²) in [4.78, 5) is 7.63. The number of benzene rings is 1. The molecule has 2 atom stereocenters. The average Bonchev–Trinajstić information content (AvgIpc) is 2.99. The standard InChI is InChI=1S/C17H23N3/c1-2-18-16(12-17-19-10-11-20-17)15-9-5-7-13-6-3-4-8-14(13)15/h3-4,6,8,10-11,15-16,18H,2,5,7,9,12H2,1H3,(H,19,20). The quantitative estimate of drug-likeness (QED) is 0.876. The number of aromatic nitrogens is 2. The van der Waals surface area contributed by atoms with E-state index >= 15 is 0 Å². The number of hydrogen-bond acceptors (Lipinski definition) is 2. The van der Waals surface area contributed by atoms with Gasteiger partial charge in [0.05, 0.1) is 0 Å². The van der Waals surface area contributed by atoms with Gasteiger partial charge in [-0.05, 0) is 42.9 Å². The molecule has 106 valence electrons. The number of likely N-dealkylation sites (N-methyl/N-ethyl adjacent to an activating group) is 1. The van der Waals surface area contributed by atoms with E-state index in [4.69, 9.17) is 0 Å². The molecule has 1 aliphatic carbocycles. The van der Waals surface area contributed by atoms with Crippen molar-refractivity contribution in [3.05, 3.63) is 53.6 Å². The molecule has 0 saturated heterocycles. The maximum atomic E-state index is 4.39. The lowest BCUT2D eigenvalue weighted by Gasteiger charge is -2.32. The highest BCUT2D eigenvalue weighted by Crippen LogP contribution is 2.34. The van der Waals surface area contributed by atoms with E-state index in [1.807, 2.05) is 12.4 Å². The van der Waals surface area contributed by atoms with Gasteiger partial charge in [-0.25, -0.2) is 4.98 Å². The van der Waals surface area contributed by atoms with Gasteiger partial charge in [0.1, 0.15) is 5.82 Å². The van der Waals surface area contributed by atoms with Crippen molar-refractivity contribution in [3.63, 3.8) is 0 Å². The van der Waals surface area contributed by atoms with Gasteiger partial charge >= 0.3 is 0 Å². The van der Waals surface area contributed by atoms with Crippen LogP contribution in [0.2, 0.25) is 0 Å². The highest BCUT2D eigenvalue weighted by molar-refractivity contribution is 5.34. The molecule has 20 heavy (non-hydrogen) atoms. The van der Waals surface area contributed by atoms with Gasteiger partial charge in [0, 0.05) is 24.9 Å². The van der Waals surface area contributed by atoms with Gasteiger partial charge < -0.3 is 10.3 Å². The van der Waals surface area contributed by atoms with Gasteiger partial charge in [-0.3, -0.25) is 0 Å². The second kappa shape index (κ2) is 6.23. The van der Waals surface area contributed by atoms with E-state index in [0.717, 1.165) is 18.8 Å². The summed E-state index contributed by atoms with van der Waals surface area (Å²) < 4.78 is 0. The van der Waals surface area contributed by atoms with Gasteiger partial charge in [0.25, 0.3) is 0 Å². The van der Waals surface area contributed by atoms with Crippen LogP contribution in [0.25, 0.3) is 0 Å². The molecule has 2 N–H and O–H groups in total. The van der Waals surface area contributed by atoms with Crippen LogP contribution in [0.4, 0.5) is 0 Å². The van der Waals surface area contributed by atoms with E-state index in [1.54, 1.807) is 0 Å². The zero-order valence-corrected chi connectivity index (χ0v) is 12.1. The number of imidazole rings is 1. The highest BCUT2D eigenvalue weighted by atomic mass is 14.9. The molecule has 1 aromatic heterocycles. The van der Waals surface area contributed by atoms with Crippen molar-refractivity contribution in [2.45, 2.75) is 44.6 Å². The third-order valence-electron chi connectivity index (χ3n) is 4.34. The van der Waals surface area contributed by atoms with Crippen LogP contribution in [0, 0.1) is 0 Å². The van der Waals surface area contributed by atoms with E-state index in [-0.39, 0.29) is 0 Å². The first-order chi connectivity index (χ1) is 9.88. The number of fused-ring (bicyclic) bond motifs is 1. The zero-order valence-electron chi connectivity index (χ0n) is 12.1. The number of aromatic amines is 1. The largest absolute Gasteiger partial charge is 0.349 e. The van der Waals surface area contributed by atoms with Gasteiger partial charge in [-0.2, -0.15) is 0 Å². The molecule has 0 radical (unpaired) electrons. The number of hydrogen-bond donors (Lipinski definition) is 2. The minimum Gasteiger partial charge on any atom is -0.349 e. The maximum Gasteiger partial charge on any atom is 0.107 e. The Morgan fingerprint density at radius 3 is 3.10 bits per heavy atom. The third-order valence-corrected chi connectivity index (χ3v) is 4.34. The van der Waals surface area contributed by atoms with Gasteiger partial charge in [0.2, 0.25) is 0 Å². The summed E-state index contributed by atoms with van der Waals surface area (Å²) in [5.74, 6) is 1.68. The Balaban J connectivity index is 1.84. The first-order valence-corrected chi connectivity index (χ1v) is 7.68. The first-order valence-electron chi connectivity index (χ1n) is 7.68. The summed E-state index contributed by atoms with van der Waals surface area (Å²) in [6, 6.07) is 9.40. The monoisotopic (exact) mass is 269 g/mol. The average molecular weight is 269 g/mol. The predicted molar refractivity (Wildman–Crippen MR) is 81.9 cm³/mol. The molecule has 0 aliphatic heterocycles. The third kappa shape index (κ3) is 2.78. The molecule has 0 amide bonds. The molecule has 0 bridgehead atoms. The second-order valence-corrected chi connectivity index (χ2v) is 5.60. The molecule has 0 spiro atoms. The number of aryl methyl sites for hydroxylation is 1. The Kier molecular flexibility index (Phi) is 4.16. The highest BCUT2D eigenvalue weighted by Gasteiger charge is 2.27. The smallest absolute Gasteiger partial charge is 0.107 e. The van der Waals surface area contributed by atoms with Crippen molar-refractivity contribution < 1.29 is 0 Å². The summed E-state index contributed by atoms with van der Waals surface area (Å²) in [5, 5.41) is 3.67. The number of nitrogens with one attached hydrogen (secondary N) is 2. The molecule has 3 nitrogen and oxygen atoms in total. The predicted octanol–water partition coefficient (Wildman–Crippen LogP) is 3.05. The second-order valence-electron chi connectivity index (χ2n) is 5.60. The lowest BCUT2D eigenvalue weighted by molar-refractivity contribution is 0.391. The van der Waals surface area contributed by atoms with E-state index < -0.39 is 0 Å². The first kappa shape index (κ1) is 13.4. The van der Waals surface area contributed by atoms with Gasteiger partial charge in [-0.1, -0.05) is 31.2 Å². The van der Waals surface area contributed by atoms with Crippen LogP contribution in [0.1, 0.15) is 42.6 Å². The molecule has 2 unspecified atom stereocenters. The lowest BCUT2D eigenvalue weighted by Crippen LogP contribution is -2.38.